The van der Waals surface area contributed by atoms with Gasteiger partial charge in [0.2, 0.25) is 11.8 Å². The second kappa shape index (κ2) is 4.20. The highest BCUT2D eigenvalue weighted by Gasteiger charge is 2.41. The predicted octanol–water partition coefficient (Wildman–Crippen LogP) is 1.14. The van der Waals surface area contributed by atoms with Crippen molar-refractivity contribution in [1.29, 1.82) is 0 Å². The number of benzene rings is 1. The van der Waals surface area contributed by atoms with Gasteiger partial charge in [-0.25, -0.2) is 0 Å². The molecule has 1 saturated heterocycles. The lowest BCUT2D eigenvalue weighted by Crippen LogP contribution is -2.64. The van der Waals surface area contributed by atoms with Crippen molar-refractivity contribution in [3.05, 3.63) is 35.9 Å². The van der Waals surface area contributed by atoms with Crippen LogP contribution in [0.4, 0.5) is 0 Å². The monoisotopic (exact) mass is 232 g/mol. The van der Waals surface area contributed by atoms with Crippen LogP contribution in [-0.4, -0.2) is 17.4 Å². The molecule has 2 rings (SSSR count). The van der Waals surface area contributed by atoms with Crippen LogP contribution in [0.5, 0.6) is 0 Å². The third-order valence-corrected chi connectivity index (χ3v) is 3.28. The van der Waals surface area contributed by atoms with E-state index in [1.165, 1.54) is 0 Å². The van der Waals surface area contributed by atoms with Crippen LogP contribution in [0, 0.1) is 0 Å². The van der Waals surface area contributed by atoms with Crippen LogP contribution in [0.15, 0.2) is 30.3 Å². The molecule has 1 aromatic carbocycles. The zero-order valence-corrected chi connectivity index (χ0v) is 9.99. The first kappa shape index (κ1) is 11.6. The molecule has 4 nitrogen and oxygen atoms in total. The van der Waals surface area contributed by atoms with Crippen LogP contribution in [-0.2, 0) is 9.59 Å². The molecule has 0 saturated carbocycles. The maximum Gasteiger partial charge on any atom is 0.248 e. The molecule has 0 aliphatic carbocycles. The maximum atomic E-state index is 12.0. The second-order valence-corrected chi connectivity index (χ2v) is 4.49. The number of amides is 2. The number of hydrogen-bond acceptors (Lipinski definition) is 2. The van der Waals surface area contributed by atoms with Crippen molar-refractivity contribution >= 4 is 11.8 Å². The maximum absolute atomic E-state index is 12.0. The lowest BCUT2D eigenvalue weighted by Gasteiger charge is -2.36. The Morgan fingerprint density at radius 1 is 1.24 bits per heavy atom. The van der Waals surface area contributed by atoms with Crippen molar-refractivity contribution in [2.45, 2.75) is 31.8 Å². The molecule has 2 atom stereocenters. The topological polar surface area (TPSA) is 58.2 Å². The average molecular weight is 232 g/mol. The molecule has 4 heteroatoms. The first-order valence-corrected chi connectivity index (χ1v) is 5.75. The zero-order valence-electron chi connectivity index (χ0n) is 9.99. The fourth-order valence-corrected chi connectivity index (χ4v) is 1.89. The largest absolute Gasteiger partial charge is 0.340 e. The van der Waals surface area contributed by atoms with E-state index in [0.29, 0.717) is 6.42 Å². The van der Waals surface area contributed by atoms with E-state index < -0.39 is 11.6 Å². The van der Waals surface area contributed by atoms with E-state index in [0.717, 1.165) is 5.56 Å². The minimum absolute atomic E-state index is 0.131. The number of carbonyl (C=O) groups excluding carboxylic acids is 2. The molecule has 0 spiro atoms. The molecular weight excluding hydrogens is 216 g/mol. The highest BCUT2D eigenvalue weighted by atomic mass is 16.2. The van der Waals surface area contributed by atoms with Crippen LogP contribution >= 0.6 is 0 Å². The van der Waals surface area contributed by atoms with Crippen LogP contribution in [0.2, 0.25) is 0 Å². The Labute approximate surface area is 100 Å². The average Bonchev–Trinajstić information content (AvgIpc) is 2.35. The summed E-state index contributed by atoms with van der Waals surface area (Å²) in [4.78, 5) is 23.9. The highest BCUT2D eigenvalue weighted by molar-refractivity contribution is 5.99. The van der Waals surface area contributed by atoms with Crippen molar-refractivity contribution < 1.29 is 9.59 Å². The lowest BCUT2D eigenvalue weighted by atomic mass is 9.92. The van der Waals surface area contributed by atoms with E-state index in [1.54, 1.807) is 6.92 Å². The van der Waals surface area contributed by atoms with Crippen molar-refractivity contribution in [1.82, 2.24) is 10.6 Å². The Morgan fingerprint density at radius 2 is 1.88 bits per heavy atom. The number of rotatable bonds is 2. The fourth-order valence-electron chi connectivity index (χ4n) is 1.89. The van der Waals surface area contributed by atoms with E-state index in [9.17, 15) is 9.59 Å². The normalized spacial score (nSPS) is 28.5. The molecular formula is C13H16N2O2. The van der Waals surface area contributed by atoms with Gasteiger partial charge in [0.05, 0.1) is 0 Å². The number of nitrogens with one attached hydrogen (secondary N) is 2. The molecule has 2 unspecified atom stereocenters. The third kappa shape index (κ3) is 2.02. The van der Waals surface area contributed by atoms with Crippen LogP contribution in [0.1, 0.15) is 31.9 Å². The third-order valence-electron chi connectivity index (χ3n) is 3.28. The van der Waals surface area contributed by atoms with Crippen molar-refractivity contribution in [3.63, 3.8) is 0 Å². The Bertz CT molecular complexity index is 444. The van der Waals surface area contributed by atoms with E-state index in [1.807, 2.05) is 37.3 Å². The molecule has 1 aliphatic heterocycles. The lowest BCUT2D eigenvalue weighted by molar-refractivity contribution is -0.141. The van der Waals surface area contributed by atoms with Crippen molar-refractivity contribution in [3.8, 4) is 0 Å². The quantitative estimate of drug-likeness (QED) is 0.803. The van der Waals surface area contributed by atoms with Crippen LogP contribution in [0.3, 0.4) is 0 Å². The van der Waals surface area contributed by atoms with E-state index in [2.05, 4.69) is 10.6 Å². The highest BCUT2D eigenvalue weighted by Crippen LogP contribution is 2.22. The first-order valence-electron chi connectivity index (χ1n) is 5.75. The molecule has 90 valence electrons. The van der Waals surface area contributed by atoms with Gasteiger partial charge in [-0.1, -0.05) is 37.3 Å². The second-order valence-electron chi connectivity index (χ2n) is 4.49. The standard InChI is InChI=1S/C13H16N2O2/c1-3-13(2)12(17)14-10(11(16)15-13)9-7-5-4-6-8-9/h4-8,10H,3H2,1-2H3,(H,14,17)(H,15,16). The smallest absolute Gasteiger partial charge is 0.248 e. The molecule has 1 aromatic rings. The van der Waals surface area contributed by atoms with Gasteiger partial charge in [-0.3, -0.25) is 9.59 Å². The molecule has 17 heavy (non-hydrogen) atoms. The SMILES string of the molecule is CCC1(C)NC(=O)C(c2ccccc2)NC1=O. The Hall–Kier alpha value is -1.84. The Kier molecular flexibility index (Phi) is 2.88. The summed E-state index contributed by atoms with van der Waals surface area (Å²) >= 11 is 0. The first-order chi connectivity index (χ1) is 8.07. The summed E-state index contributed by atoms with van der Waals surface area (Å²) < 4.78 is 0. The van der Waals surface area contributed by atoms with Gasteiger partial charge in [0, 0.05) is 0 Å². The summed E-state index contributed by atoms with van der Waals surface area (Å²) in [7, 11) is 0. The number of piperazine rings is 1. The van der Waals surface area contributed by atoms with Crippen molar-refractivity contribution in [2.75, 3.05) is 0 Å². The minimum Gasteiger partial charge on any atom is -0.340 e. The van der Waals surface area contributed by atoms with Crippen molar-refractivity contribution in [2.24, 2.45) is 0 Å². The summed E-state index contributed by atoms with van der Waals surface area (Å²) in [6.07, 6.45) is 0.575. The van der Waals surface area contributed by atoms with Gasteiger partial charge < -0.3 is 10.6 Å². The van der Waals surface area contributed by atoms with Gasteiger partial charge >= 0.3 is 0 Å². The molecule has 1 aliphatic rings. The van der Waals surface area contributed by atoms with E-state index >= 15 is 0 Å². The van der Waals surface area contributed by atoms with Gasteiger partial charge in [0.15, 0.2) is 0 Å². The molecule has 2 amide bonds. The van der Waals surface area contributed by atoms with Gasteiger partial charge in [-0.2, -0.15) is 0 Å². The van der Waals surface area contributed by atoms with Gasteiger partial charge in [-0.05, 0) is 18.9 Å². The fraction of sp³-hybridized carbons (Fsp3) is 0.385. The minimum atomic E-state index is -0.789. The zero-order chi connectivity index (χ0) is 12.5. The molecule has 0 aromatic heterocycles. The van der Waals surface area contributed by atoms with Crippen LogP contribution in [0.25, 0.3) is 0 Å². The Balaban J connectivity index is 2.25. The number of hydrogen-bond donors (Lipinski definition) is 2. The molecule has 1 fully saturated rings. The summed E-state index contributed by atoms with van der Waals surface area (Å²) in [6.45, 7) is 3.62. The summed E-state index contributed by atoms with van der Waals surface area (Å²) in [6, 6.07) is 8.66. The summed E-state index contributed by atoms with van der Waals surface area (Å²) in [5, 5.41) is 5.56. The summed E-state index contributed by atoms with van der Waals surface area (Å²) in [5.74, 6) is -0.284. The van der Waals surface area contributed by atoms with E-state index in [4.69, 9.17) is 0 Å². The van der Waals surface area contributed by atoms with Crippen LogP contribution < -0.4 is 10.6 Å². The predicted molar refractivity (Wildman–Crippen MR) is 64.2 cm³/mol. The molecule has 1 heterocycles. The Morgan fingerprint density at radius 3 is 2.47 bits per heavy atom. The summed E-state index contributed by atoms with van der Waals surface area (Å²) in [5.41, 5.74) is 0.0130. The van der Waals surface area contributed by atoms with Gasteiger partial charge in [0.25, 0.3) is 0 Å². The molecule has 0 bridgehead atoms. The number of carbonyl (C=O) groups is 2. The molecule has 0 radical (unpaired) electrons. The van der Waals surface area contributed by atoms with Gasteiger partial charge in [-0.15, -0.1) is 0 Å². The van der Waals surface area contributed by atoms with Gasteiger partial charge in [0.1, 0.15) is 11.6 Å². The molecule has 2 N–H and O–H groups in total. The van der Waals surface area contributed by atoms with E-state index in [-0.39, 0.29) is 11.8 Å².